The van der Waals surface area contributed by atoms with Crippen LogP contribution in [0.4, 0.5) is 13.6 Å². The molecule has 1 atom stereocenters. The Morgan fingerprint density at radius 1 is 1.14 bits per heavy atom. The zero-order chi connectivity index (χ0) is 25.1. The van der Waals surface area contributed by atoms with E-state index in [1.54, 1.807) is 35.2 Å². The third kappa shape index (κ3) is 6.29. The lowest BCUT2D eigenvalue weighted by Crippen LogP contribution is -2.62. The fourth-order valence-electron chi connectivity index (χ4n) is 5.30. The molecule has 0 bridgehead atoms. The average molecular weight is 488 g/mol. The van der Waals surface area contributed by atoms with Crippen molar-refractivity contribution in [3.05, 3.63) is 35.9 Å². The molecule has 35 heavy (non-hydrogen) atoms. The highest BCUT2D eigenvalue weighted by molar-refractivity contribution is 5.88. The Morgan fingerprint density at radius 2 is 1.80 bits per heavy atom. The van der Waals surface area contributed by atoms with E-state index in [1.165, 1.54) is 0 Å². The van der Waals surface area contributed by atoms with E-state index in [1.807, 2.05) is 6.07 Å². The summed E-state index contributed by atoms with van der Waals surface area (Å²) in [6.45, 7) is 6.43. The molecule has 0 radical (unpaired) electrons. The number of carbonyl (C=O) groups is 2. The minimum Gasteiger partial charge on any atom is -0.336 e. The maximum absolute atomic E-state index is 15.0. The Hall–Kier alpha value is -2.73. The third-order valence-electron chi connectivity index (χ3n) is 7.52. The largest absolute Gasteiger partial charge is 0.336 e. The zero-order valence-electron chi connectivity index (χ0n) is 20.4. The predicted molar refractivity (Wildman–Crippen MR) is 128 cm³/mol. The van der Waals surface area contributed by atoms with Gasteiger partial charge in [0.2, 0.25) is 5.91 Å². The van der Waals surface area contributed by atoms with Crippen LogP contribution in [0.2, 0.25) is 0 Å². The number of halogens is 2. The molecule has 2 heterocycles. The second-order valence-corrected chi connectivity index (χ2v) is 10.6. The van der Waals surface area contributed by atoms with Crippen molar-refractivity contribution in [2.24, 2.45) is 5.41 Å². The van der Waals surface area contributed by atoms with Crippen molar-refractivity contribution >= 4 is 11.9 Å². The monoisotopic (exact) mass is 487 g/mol. The smallest absolute Gasteiger partial charge is 0.318 e. The first-order chi connectivity index (χ1) is 16.7. The van der Waals surface area contributed by atoms with Gasteiger partial charge in [-0.3, -0.25) is 4.79 Å². The molecule has 0 unspecified atom stereocenters. The van der Waals surface area contributed by atoms with E-state index in [0.29, 0.717) is 31.5 Å². The van der Waals surface area contributed by atoms with Crippen LogP contribution in [-0.2, 0) is 11.2 Å². The first kappa shape index (κ1) is 25.4. The first-order valence-electron chi connectivity index (χ1n) is 12.6. The van der Waals surface area contributed by atoms with Crippen LogP contribution in [0, 0.1) is 16.7 Å². The second-order valence-electron chi connectivity index (χ2n) is 10.6. The molecule has 190 valence electrons. The summed E-state index contributed by atoms with van der Waals surface area (Å²) in [7, 11) is 0. The molecule has 2 N–H and O–H groups in total. The lowest BCUT2D eigenvalue weighted by Gasteiger charge is -2.54. The van der Waals surface area contributed by atoms with Gasteiger partial charge in [-0.15, -0.1) is 0 Å². The van der Waals surface area contributed by atoms with E-state index in [4.69, 9.17) is 0 Å². The van der Waals surface area contributed by atoms with Gasteiger partial charge in [-0.25, -0.2) is 13.6 Å². The van der Waals surface area contributed by atoms with Crippen LogP contribution in [0.15, 0.2) is 30.3 Å². The highest BCUT2D eigenvalue weighted by Gasteiger charge is 2.48. The minimum atomic E-state index is -3.21. The fraction of sp³-hybridized carbons (Fsp3) is 0.654. The molecule has 0 aromatic heterocycles. The van der Waals surface area contributed by atoms with E-state index in [-0.39, 0.29) is 5.41 Å². The van der Waals surface area contributed by atoms with Crippen LogP contribution in [0.3, 0.4) is 0 Å². The van der Waals surface area contributed by atoms with Crippen molar-refractivity contribution in [3.8, 4) is 6.07 Å². The van der Waals surface area contributed by atoms with Gasteiger partial charge in [-0.1, -0.05) is 37.3 Å². The molecule has 3 fully saturated rings. The summed E-state index contributed by atoms with van der Waals surface area (Å²) in [5, 5.41) is 14.5. The van der Waals surface area contributed by atoms with Crippen molar-refractivity contribution in [2.75, 3.05) is 32.7 Å². The number of rotatable bonds is 9. The van der Waals surface area contributed by atoms with Gasteiger partial charge < -0.3 is 20.4 Å². The number of nitrogens with zero attached hydrogens (tertiary/aromatic N) is 3. The molecule has 1 spiro atoms. The van der Waals surface area contributed by atoms with Crippen molar-refractivity contribution in [3.63, 3.8) is 0 Å². The Morgan fingerprint density at radius 3 is 2.37 bits per heavy atom. The van der Waals surface area contributed by atoms with Crippen LogP contribution in [0.5, 0.6) is 0 Å². The molecule has 4 rings (SSSR count). The van der Waals surface area contributed by atoms with Gasteiger partial charge in [-0.2, -0.15) is 5.26 Å². The fourth-order valence-corrected chi connectivity index (χ4v) is 5.30. The lowest BCUT2D eigenvalue weighted by molar-refractivity contribution is -0.126. The van der Waals surface area contributed by atoms with Gasteiger partial charge in [0.1, 0.15) is 11.6 Å². The van der Waals surface area contributed by atoms with Crippen LogP contribution in [0.25, 0.3) is 0 Å². The second kappa shape index (κ2) is 10.1. The Labute approximate surface area is 205 Å². The maximum Gasteiger partial charge on any atom is 0.318 e. The van der Waals surface area contributed by atoms with Crippen LogP contribution in [0.1, 0.15) is 51.0 Å². The number of likely N-dealkylation sites (tertiary alicyclic amines) is 2. The predicted octanol–water partition coefficient (Wildman–Crippen LogP) is 3.31. The molecular weight excluding hydrogens is 452 g/mol. The molecule has 1 saturated carbocycles. The van der Waals surface area contributed by atoms with Crippen LogP contribution in [-0.4, -0.2) is 72.0 Å². The number of alkyl halides is 2. The lowest BCUT2D eigenvalue weighted by atomic mass is 9.72. The number of urea groups is 1. The van der Waals surface area contributed by atoms with Gasteiger partial charge in [0.05, 0.1) is 6.07 Å². The molecule has 2 aliphatic heterocycles. The normalized spacial score (nSPS) is 21.5. The van der Waals surface area contributed by atoms with E-state index < -0.39 is 42.3 Å². The van der Waals surface area contributed by atoms with Crippen molar-refractivity contribution < 1.29 is 18.4 Å². The van der Waals surface area contributed by atoms with Crippen LogP contribution < -0.4 is 10.6 Å². The number of nitrogens with one attached hydrogen (secondary N) is 2. The van der Waals surface area contributed by atoms with Crippen molar-refractivity contribution in [1.29, 1.82) is 5.26 Å². The first-order valence-corrected chi connectivity index (χ1v) is 12.6. The number of amides is 3. The van der Waals surface area contributed by atoms with Crippen LogP contribution >= 0.6 is 0 Å². The van der Waals surface area contributed by atoms with Crippen molar-refractivity contribution in [2.45, 2.75) is 69.4 Å². The third-order valence-corrected chi connectivity index (χ3v) is 7.52. The molecule has 9 heteroatoms. The van der Waals surface area contributed by atoms with E-state index in [0.717, 1.165) is 38.9 Å². The summed E-state index contributed by atoms with van der Waals surface area (Å²) in [5.41, 5.74) is -0.296. The maximum atomic E-state index is 15.0. The van der Waals surface area contributed by atoms with Gasteiger partial charge in [0, 0.05) is 39.0 Å². The summed E-state index contributed by atoms with van der Waals surface area (Å²) in [5.74, 6) is -3.94. The Kier molecular flexibility index (Phi) is 7.32. The molecule has 7 nitrogen and oxygen atoms in total. The van der Waals surface area contributed by atoms with E-state index >= 15 is 0 Å². The molecule has 2 saturated heterocycles. The highest BCUT2D eigenvalue weighted by Crippen LogP contribution is 2.40. The number of hydrogen-bond acceptors (Lipinski definition) is 4. The number of hydrogen-bond donors (Lipinski definition) is 2. The highest BCUT2D eigenvalue weighted by atomic mass is 19.3. The SMILES string of the molecule is CCCN1CC2(CCN(C(=O)N[C@@H](CC(F)(F)Cc3ccccc3)C(=O)NC3(C#N)CC3)CC2)C1. The summed E-state index contributed by atoms with van der Waals surface area (Å²) in [6.07, 6.45) is 2.48. The number of benzene rings is 1. The molecule has 1 aromatic carbocycles. The summed E-state index contributed by atoms with van der Waals surface area (Å²) < 4.78 is 30.0. The van der Waals surface area contributed by atoms with E-state index in [9.17, 15) is 23.6 Å². The molecule has 1 aromatic rings. The average Bonchev–Trinajstić information content (AvgIpc) is 3.58. The van der Waals surface area contributed by atoms with Gasteiger partial charge >= 0.3 is 6.03 Å². The Bertz CT molecular complexity index is 944. The topological polar surface area (TPSA) is 88.5 Å². The zero-order valence-corrected chi connectivity index (χ0v) is 20.4. The molecular formula is C26H35F2N5O2. The number of carbonyl (C=O) groups excluding carboxylic acids is 2. The van der Waals surface area contributed by atoms with Gasteiger partial charge in [0.25, 0.3) is 5.92 Å². The quantitative estimate of drug-likeness (QED) is 0.559. The Balaban J connectivity index is 1.37. The van der Waals surface area contributed by atoms with E-state index in [2.05, 4.69) is 22.5 Å². The summed E-state index contributed by atoms with van der Waals surface area (Å²) >= 11 is 0. The molecule has 1 aliphatic carbocycles. The molecule has 3 aliphatic rings. The number of nitriles is 1. The minimum absolute atomic E-state index is 0.247. The van der Waals surface area contributed by atoms with Gasteiger partial charge in [-0.05, 0) is 49.6 Å². The number of piperidine rings is 1. The summed E-state index contributed by atoms with van der Waals surface area (Å²) in [4.78, 5) is 30.0. The van der Waals surface area contributed by atoms with Gasteiger partial charge in [0.15, 0.2) is 0 Å². The molecule has 3 amide bonds. The standard InChI is InChI=1S/C26H35F2N5O2/c1-2-12-32-18-24(19-32)10-13-33(14-11-24)23(35)30-21(22(34)31-25(17-29)8-9-25)16-26(27,28)15-20-6-4-3-5-7-20/h3-7,21H,2,8-16,18-19H2,1H3,(H,30,35)(H,31,34)/t21-/m0/s1. The summed E-state index contributed by atoms with van der Waals surface area (Å²) in [6, 6.07) is 8.48. The van der Waals surface area contributed by atoms with Crippen molar-refractivity contribution in [1.82, 2.24) is 20.4 Å².